The fraction of sp³-hybridized carbons (Fsp3) is 0.562. The lowest BCUT2D eigenvalue weighted by Crippen LogP contribution is -2.39. The van der Waals surface area contributed by atoms with Gasteiger partial charge in [-0.15, -0.1) is 0 Å². The van der Waals surface area contributed by atoms with Crippen LogP contribution in [0.15, 0.2) is 23.2 Å². The topological polar surface area (TPSA) is 54.9 Å². The van der Waals surface area contributed by atoms with Gasteiger partial charge >= 0.3 is 0 Å². The molecule has 1 aromatic carbocycles. The molecule has 0 aromatic heterocycles. The monoisotopic (exact) mass is 289 g/mol. The molecule has 2 N–H and O–H groups in total. The zero-order valence-electron chi connectivity index (χ0n) is 12.7. The number of fused-ring (bicyclic) bond motifs is 1. The number of guanidine groups is 1. The van der Waals surface area contributed by atoms with Gasteiger partial charge in [-0.05, 0) is 43.4 Å². The summed E-state index contributed by atoms with van der Waals surface area (Å²) in [6.45, 7) is 6.32. The molecule has 1 aromatic rings. The van der Waals surface area contributed by atoms with Crippen LogP contribution >= 0.6 is 0 Å². The maximum absolute atomic E-state index is 5.40. The fourth-order valence-electron chi connectivity index (χ4n) is 2.41. The Bertz CT molecular complexity index is 530. The summed E-state index contributed by atoms with van der Waals surface area (Å²) in [6.07, 6.45) is 2.14. The Labute approximate surface area is 125 Å². The molecule has 0 radical (unpaired) electrons. The highest BCUT2D eigenvalue weighted by atomic mass is 16.7. The summed E-state index contributed by atoms with van der Waals surface area (Å²) in [5.74, 6) is 3.36. The van der Waals surface area contributed by atoms with E-state index >= 15 is 0 Å². The van der Waals surface area contributed by atoms with Crippen LogP contribution in [-0.2, 0) is 6.42 Å². The SMILES string of the molecule is CCNC(=NCCc1ccc2c(c1)OCO2)NC1CC1C. The summed E-state index contributed by atoms with van der Waals surface area (Å²) in [5.41, 5.74) is 1.22. The minimum absolute atomic E-state index is 0.324. The summed E-state index contributed by atoms with van der Waals surface area (Å²) < 4.78 is 10.7. The van der Waals surface area contributed by atoms with Crippen LogP contribution in [0.4, 0.5) is 0 Å². The molecular weight excluding hydrogens is 266 g/mol. The number of hydrogen-bond donors (Lipinski definition) is 2. The predicted octanol–water partition coefficient (Wildman–Crippen LogP) is 1.92. The highest BCUT2D eigenvalue weighted by Gasteiger charge is 2.33. The Hall–Kier alpha value is -1.91. The molecule has 0 saturated heterocycles. The van der Waals surface area contributed by atoms with E-state index in [1.165, 1.54) is 12.0 Å². The van der Waals surface area contributed by atoms with Gasteiger partial charge in [-0.2, -0.15) is 0 Å². The summed E-state index contributed by atoms with van der Waals surface area (Å²) >= 11 is 0. The van der Waals surface area contributed by atoms with E-state index in [0.29, 0.717) is 12.8 Å². The average Bonchev–Trinajstić information content (AvgIpc) is 2.99. The van der Waals surface area contributed by atoms with Crippen molar-refractivity contribution >= 4 is 5.96 Å². The minimum atomic E-state index is 0.324. The Morgan fingerprint density at radius 2 is 2.14 bits per heavy atom. The van der Waals surface area contributed by atoms with Crippen LogP contribution in [0.25, 0.3) is 0 Å². The summed E-state index contributed by atoms with van der Waals surface area (Å²) in [6, 6.07) is 6.68. The van der Waals surface area contributed by atoms with Crippen LogP contribution in [0.3, 0.4) is 0 Å². The van der Waals surface area contributed by atoms with Crippen molar-refractivity contribution < 1.29 is 9.47 Å². The van der Waals surface area contributed by atoms with Crippen LogP contribution in [0.2, 0.25) is 0 Å². The molecular formula is C16H23N3O2. The second kappa shape index (κ2) is 6.24. The van der Waals surface area contributed by atoms with E-state index in [4.69, 9.17) is 9.47 Å². The number of ether oxygens (including phenoxy) is 2. The van der Waals surface area contributed by atoms with E-state index in [1.54, 1.807) is 0 Å². The Balaban J connectivity index is 1.54. The molecule has 1 heterocycles. The number of hydrogen-bond acceptors (Lipinski definition) is 3. The maximum atomic E-state index is 5.40. The highest BCUT2D eigenvalue weighted by molar-refractivity contribution is 5.80. The Kier molecular flexibility index (Phi) is 4.18. The van der Waals surface area contributed by atoms with Crippen molar-refractivity contribution in [1.29, 1.82) is 0 Å². The van der Waals surface area contributed by atoms with Gasteiger partial charge in [0.25, 0.3) is 0 Å². The first-order valence-electron chi connectivity index (χ1n) is 7.69. The van der Waals surface area contributed by atoms with Gasteiger partial charge in [-0.1, -0.05) is 13.0 Å². The van der Waals surface area contributed by atoms with Gasteiger partial charge in [0.2, 0.25) is 6.79 Å². The Morgan fingerprint density at radius 1 is 1.33 bits per heavy atom. The van der Waals surface area contributed by atoms with Crippen molar-refractivity contribution in [2.24, 2.45) is 10.9 Å². The normalized spacial score (nSPS) is 23.0. The third-order valence-electron chi connectivity index (χ3n) is 3.88. The van der Waals surface area contributed by atoms with Crippen molar-refractivity contribution in [2.75, 3.05) is 19.9 Å². The van der Waals surface area contributed by atoms with E-state index < -0.39 is 0 Å². The zero-order chi connectivity index (χ0) is 14.7. The fourth-order valence-corrected chi connectivity index (χ4v) is 2.41. The molecule has 5 nitrogen and oxygen atoms in total. The van der Waals surface area contributed by atoms with E-state index in [-0.39, 0.29) is 0 Å². The molecule has 2 unspecified atom stereocenters. The zero-order valence-corrected chi connectivity index (χ0v) is 12.7. The van der Waals surface area contributed by atoms with Gasteiger partial charge in [0.1, 0.15) is 0 Å². The number of nitrogens with one attached hydrogen (secondary N) is 2. The van der Waals surface area contributed by atoms with Gasteiger partial charge in [0.05, 0.1) is 0 Å². The smallest absolute Gasteiger partial charge is 0.231 e. The van der Waals surface area contributed by atoms with Crippen LogP contribution in [0.1, 0.15) is 25.8 Å². The summed E-state index contributed by atoms with van der Waals surface area (Å²) in [4.78, 5) is 4.64. The third kappa shape index (κ3) is 3.60. The van der Waals surface area contributed by atoms with Crippen molar-refractivity contribution in [3.05, 3.63) is 23.8 Å². The number of aliphatic imine (C=N–C) groups is 1. The van der Waals surface area contributed by atoms with E-state index in [9.17, 15) is 0 Å². The molecule has 114 valence electrons. The molecule has 0 bridgehead atoms. The Morgan fingerprint density at radius 3 is 2.90 bits per heavy atom. The van der Waals surface area contributed by atoms with Crippen molar-refractivity contribution in [3.8, 4) is 11.5 Å². The van der Waals surface area contributed by atoms with E-state index in [1.807, 2.05) is 12.1 Å². The molecule has 2 atom stereocenters. The molecule has 21 heavy (non-hydrogen) atoms. The second-order valence-electron chi connectivity index (χ2n) is 5.66. The quantitative estimate of drug-likeness (QED) is 0.642. The van der Waals surface area contributed by atoms with Gasteiger partial charge in [-0.3, -0.25) is 4.99 Å². The first-order valence-corrected chi connectivity index (χ1v) is 7.69. The van der Waals surface area contributed by atoms with Crippen molar-refractivity contribution in [1.82, 2.24) is 10.6 Å². The largest absolute Gasteiger partial charge is 0.454 e. The van der Waals surface area contributed by atoms with Gasteiger partial charge < -0.3 is 20.1 Å². The number of benzene rings is 1. The number of nitrogens with zero attached hydrogens (tertiary/aromatic N) is 1. The maximum Gasteiger partial charge on any atom is 0.231 e. The predicted molar refractivity (Wildman–Crippen MR) is 83.0 cm³/mol. The summed E-state index contributed by atoms with van der Waals surface area (Å²) in [5, 5.41) is 6.76. The minimum Gasteiger partial charge on any atom is -0.454 e. The highest BCUT2D eigenvalue weighted by Crippen LogP contribution is 2.32. The van der Waals surface area contributed by atoms with Gasteiger partial charge in [0, 0.05) is 19.1 Å². The molecule has 0 spiro atoms. The lowest BCUT2D eigenvalue weighted by atomic mass is 10.1. The van der Waals surface area contributed by atoms with Gasteiger partial charge in [-0.25, -0.2) is 0 Å². The second-order valence-corrected chi connectivity index (χ2v) is 5.66. The van der Waals surface area contributed by atoms with E-state index in [0.717, 1.165) is 42.9 Å². The van der Waals surface area contributed by atoms with Gasteiger partial charge in [0.15, 0.2) is 17.5 Å². The van der Waals surface area contributed by atoms with Crippen LogP contribution in [-0.4, -0.2) is 31.9 Å². The molecule has 3 rings (SSSR count). The average molecular weight is 289 g/mol. The molecule has 1 fully saturated rings. The van der Waals surface area contributed by atoms with Crippen LogP contribution in [0.5, 0.6) is 11.5 Å². The third-order valence-corrected chi connectivity index (χ3v) is 3.88. The lowest BCUT2D eigenvalue weighted by Gasteiger charge is -2.10. The first-order chi connectivity index (χ1) is 10.3. The molecule has 2 aliphatic rings. The molecule has 0 amide bonds. The van der Waals surface area contributed by atoms with Crippen LogP contribution in [0, 0.1) is 5.92 Å². The number of rotatable bonds is 5. The van der Waals surface area contributed by atoms with Crippen molar-refractivity contribution in [2.45, 2.75) is 32.7 Å². The van der Waals surface area contributed by atoms with Crippen LogP contribution < -0.4 is 20.1 Å². The molecule has 1 saturated carbocycles. The first kappa shape index (κ1) is 14.0. The molecule has 1 aliphatic carbocycles. The standard InChI is InChI=1S/C16H23N3O2/c1-3-17-16(19-13-8-11(13)2)18-7-6-12-4-5-14-15(9-12)21-10-20-14/h4-5,9,11,13H,3,6-8,10H2,1-2H3,(H2,17,18,19). The van der Waals surface area contributed by atoms with E-state index in [2.05, 4.69) is 35.5 Å². The summed E-state index contributed by atoms with van der Waals surface area (Å²) in [7, 11) is 0. The molecule has 5 heteroatoms. The molecule has 1 aliphatic heterocycles. The lowest BCUT2D eigenvalue weighted by molar-refractivity contribution is 0.174. The van der Waals surface area contributed by atoms with Crippen molar-refractivity contribution in [3.63, 3.8) is 0 Å².